The van der Waals surface area contributed by atoms with Crippen LogP contribution in [0.3, 0.4) is 0 Å². The van der Waals surface area contributed by atoms with Crippen molar-refractivity contribution in [2.24, 2.45) is 33.0 Å². The number of carbonyl (C=O) groups excluding carboxylic acids is 1. The third kappa shape index (κ3) is 2.45. The van der Waals surface area contributed by atoms with E-state index in [1.54, 1.807) is 6.08 Å². The summed E-state index contributed by atoms with van der Waals surface area (Å²) in [4.78, 5) is 12.6. The highest BCUT2D eigenvalue weighted by molar-refractivity contribution is 6.06. The van der Waals surface area contributed by atoms with E-state index in [0.29, 0.717) is 16.9 Å². The average Bonchev–Trinajstić information content (AvgIpc) is 2.76. The smallest absolute Gasteiger partial charge is 0.220 e. The van der Waals surface area contributed by atoms with Crippen molar-refractivity contribution in [1.82, 2.24) is 0 Å². The van der Waals surface area contributed by atoms with Gasteiger partial charge in [-0.05, 0) is 98.2 Å². The Morgan fingerprint density at radius 1 is 1.00 bits per heavy atom. The fourth-order valence-electron chi connectivity index (χ4n) is 8.56. The van der Waals surface area contributed by atoms with Crippen molar-refractivity contribution in [2.45, 2.75) is 86.5 Å². The summed E-state index contributed by atoms with van der Waals surface area (Å²) in [5, 5.41) is 20.2. The van der Waals surface area contributed by atoms with Crippen LogP contribution >= 0.6 is 0 Å². The van der Waals surface area contributed by atoms with Gasteiger partial charge in [0.05, 0.1) is 11.5 Å². The van der Waals surface area contributed by atoms with Gasteiger partial charge in [-0.25, -0.2) is 0 Å². The Labute approximate surface area is 193 Å². The molecule has 6 atom stereocenters. The summed E-state index contributed by atoms with van der Waals surface area (Å²) in [6.07, 6.45) is 13.8. The van der Waals surface area contributed by atoms with Crippen molar-refractivity contribution in [3.05, 3.63) is 46.3 Å². The maximum Gasteiger partial charge on any atom is 0.220 e. The lowest BCUT2D eigenvalue weighted by atomic mass is 9.34. The number of aliphatic hydroxyl groups excluding tert-OH is 1. The van der Waals surface area contributed by atoms with Gasteiger partial charge in [0.15, 0.2) is 5.76 Å². The highest BCUT2D eigenvalue weighted by Gasteiger charge is 2.66. The van der Waals surface area contributed by atoms with Crippen molar-refractivity contribution < 1.29 is 9.90 Å². The second kappa shape index (κ2) is 6.28. The van der Waals surface area contributed by atoms with Gasteiger partial charge in [-0.3, -0.25) is 4.79 Å². The number of nitrogens with zero attached hydrogens (tertiary/aromatic N) is 1. The van der Waals surface area contributed by atoms with Crippen molar-refractivity contribution in [2.75, 3.05) is 0 Å². The van der Waals surface area contributed by atoms with Crippen LogP contribution in [0.4, 0.5) is 0 Å². The Balaban J connectivity index is 1.65. The molecule has 0 saturated heterocycles. The van der Waals surface area contributed by atoms with E-state index >= 15 is 0 Å². The highest BCUT2D eigenvalue weighted by Crippen LogP contribution is 2.75. The molecule has 0 bridgehead atoms. The molecule has 170 valence electrons. The minimum absolute atomic E-state index is 0.0287. The molecule has 32 heavy (non-hydrogen) atoms. The SMILES string of the molecule is CC1=C(O)C(=O)C=C2C1=CC=C1[C@@]2(C)CC[C@@]2(C)C3C[C@](C)(C#N)CC[C@]3(C)CC[C@]12C. The van der Waals surface area contributed by atoms with Crippen molar-refractivity contribution in [3.63, 3.8) is 0 Å². The summed E-state index contributed by atoms with van der Waals surface area (Å²) in [6.45, 7) is 13.8. The molecule has 0 aromatic heterocycles. The molecule has 5 rings (SSSR count). The number of carbonyl (C=O) groups is 1. The molecule has 3 saturated carbocycles. The van der Waals surface area contributed by atoms with Crippen molar-refractivity contribution in [3.8, 4) is 6.07 Å². The van der Waals surface area contributed by atoms with Crippen LogP contribution in [0.1, 0.15) is 86.5 Å². The lowest BCUT2D eigenvalue weighted by molar-refractivity contribution is -0.155. The van der Waals surface area contributed by atoms with Gasteiger partial charge in [0.25, 0.3) is 0 Å². The van der Waals surface area contributed by atoms with Gasteiger partial charge in [0.2, 0.25) is 5.78 Å². The second-order valence-electron chi connectivity index (χ2n) is 12.7. The second-order valence-corrected chi connectivity index (χ2v) is 12.7. The summed E-state index contributed by atoms with van der Waals surface area (Å²) in [6, 6.07) is 2.67. The molecule has 0 aromatic rings. The number of hydrogen-bond acceptors (Lipinski definition) is 3. The van der Waals surface area contributed by atoms with E-state index in [4.69, 9.17) is 0 Å². The number of nitriles is 1. The molecular weight excluding hydrogens is 394 g/mol. The summed E-state index contributed by atoms with van der Waals surface area (Å²) in [5.41, 5.74) is 4.34. The maximum atomic E-state index is 12.6. The van der Waals surface area contributed by atoms with E-state index < -0.39 is 0 Å². The van der Waals surface area contributed by atoms with Crippen LogP contribution in [0, 0.1) is 44.3 Å². The zero-order valence-electron chi connectivity index (χ0n) is 20.6. The van der Waals surface area contributed by atoms with Gasteiger partial charge in [0, 0.05) is 11.0 Å². The number of ketones is 1. The van der Waals surface area contributed by atoms with Gasteiger partial charge in [-0.15, -0.1) is 0 Å². The minimum atomic E-state index is -0.260. The first kappa shape index (κ1) is 21.7. The lowest BCUT2D eigenvalue weighted by Crippen LogP contribution is -2.61. The van der Waals surface area contributed by atoms with Crippen LogP contribution < -0.4 is 0 Å². The number of allylic oxidation sites excluding steroid dienone is 7. The van der Waals surface area contributed by atoms with Gasteiger partial charge in [-0.1, -0.05) is 45.4 Å². The van der Waals surface area contributed by atoms with Crippen molar-refractivity contribution >= 4 is 5.78 Å². The Bertz CT molecular complexity index is 1100. The fraction of sp³-hybridized carbons (Fsp3) is 0.655. The van der Waals surface area contributed by atoms with Crippen LogP contribution in [-0.2, 0) is 4.79 Å². The number of fused-ring (bicyclic) bond motifs is 7. The summed E-state index contributed by atoms with van der Waals surface area (Å²) >= 11 is 0. The van der Waals surface area contributed by atoms with Gasteiger partial charge in [-0.2, -0.15) is 5.26 Å². The zero-order chi connectivity index (χ0) is 23.3. The summed E-state index contributed by atoms with van der Waals surface area (Å²) < 4.78 is 0. The predicted molar refractivity (Wildman–Crippen MR) is 127 cm³/mol. The predicted octanol–water partition coefficient (Wildman–Crippen LogP) is 7.14. The molecule has 0 radical (unpaired) electrons. The van der Waals surface area contributed by atoms with E-state index in [-0.39, 0.29) is 33.2 Å². The molecule has 5 aliphatic rings. The topological polar surface area (TPSA) is 61.1 Å². The quantitative estimate of drug-likeness (QED) is 0.443. The Morgan fingerprint density at radius 3 is 2.38 bits per heavy atom. The van der Waals surface area contributed by atoms with Gasteiger partial charge >= 0.3 is 0 Å². The van der Waals surface area contributed by atoms with Gasteiger partial charge < -0.3 is 5.11 Å². The minimum Gasteiger partial charge on any atom is -0.504 e. The van der Waals surface area contributed by atoms with Crippen LogP contribution in [0.15, 0.2) is 46.3 Å². The molecule has 1 unspecified atom stereocenters. The largest absolute Gasteiger partial charge is 0.504 e. The Morgan fingerprint density at radius 2 is 1.69 bits per heavy atom. The van der Waals surface area contributed by atoms with Crippen LogP contribution in [-0.4, -0.2) is 10.9 Å². The molecular formula is C29H37NO2. The molecule has 5 aliphatic carbocycles. The van der Waals surface area contributed by atoms with E-state index in [1.165, 1.54) is 12.0 Å². The first-order valence-corrected chi connectivity index (χ1v) is 12.3. The lowest BCUT2D eigenvalue weighted by Gasteiger charge is -2.69. The zero-order valence-corrected chi connectivity index (χ0v) is 20.6. The molecule has 0 aromatic carbocycles. The van der Waals surface area contributed by atoms with Gasteiger partial charge in [0.1, 0.15) is 0 Å². The van der Waals surface area contributed by atoms with Crippen LogP contribution in [0.25, 0.3) is 0 Å². The van der Waals surface area contributed by atoms with E-state index in [0.717, 1.165) is 49.7 Å². The fourth-order valence-corrected chi connectivity index (χ4v) is 8.56. The van der Waals surface area contributed by atoms with Crippen molar-refractivity contribution in [1.29, 1.82) is 5.26 Å². The van der Waals surface area contributed by atoms with E-state index in [2.05, 4.69) is 52.8 Å². The molecule has 0 heterocycles. The molecule has 0 spiro atoms. The third-order valence-electron chi connectivity index (χ3n) is 11.1. The molecule has 0 amide bonds. The Hall–Kier alpha value is -2.08. The molecule has 3 nitrogen and oxygen atoms in total. The average molecular weight is 432 g/mol. The van der Waals surface area contributed by atoms with Crippen LogP contribution in [0.2, 0.25) is 0 Å². The summed E-state index contributed by atoms with van der Waals surface area (Å²) in [7, 11) is 0. The molecule has 1 N–H and O–H groups in total. The third-order valence-corrected chi connectivity index (χ3v) is 11.1. The number of hydrogen-bond donors (Lipinski definition) is 1. The maximum absolute atomic E-state index is 12.6. The first-order valence-electron chi connectivity index (χ1n) is 12.3. The molecule has 3 fully saturated rings. The highest BCUT2D eigenvalue weighted by atomic mass is 16.3. The standard InChI is InChI=1S/C29H37NO2/c1-18-19-7-8-22-27(4,20(19)15-21(31)24(18)32)12-14-29(6)23-16-25(2,17-30)9-10-26(23,3)11-13-28(22,29)5/h7-8,15,23,32H,9-14,16H2,1-6H3/t23?,25-,26-,27+,28-,29+/m1/s1. The monoisotopic (exact) mass is 431 g/mol. The first-order chi connectivity index (χ1) is 14.8. The molecule has 0 aliphatic heterocycles. The van der Waals surface area contributed by atoms with E-state index in [1.807, 2.05) is 6.92 Å². The normalized spacial score (nSPS) is 47.7. The number of rotatable bonds is 0. The summed E-state index contributed by atoms with van der Waals surface area (Å²) in [5.74, 6) is 0.151. The van der Waals surface area contributed by atoms with Crippen LogP contribution in [0.5, 0.6) is 0 Å². The van der Waals surface area contributed by atoms with E-state index in [9.17, 15) is 15.2 Å². The Kier molecular flexibility index (Phi) is 4.27. The number of aliphatic hydroxyl groups is 1. The molecule has 3 heteroatoms.